The summed E-state index contributed by atoms with van der Waals surface area (Å²) < 4.78 is 2.77. The van der Waals surface area contributed by atoms with E-state index >= 15 is 0 Å². The van der Waals surface area contributed by atoms with Crippen LogP contribution < -0.4 is 0 Å². The lowest BCUT2D eigenvalue weighted by Gasteiger charge is -2.15. The molecule has 3 aromatic rings. The number of nitrogens with zero attached hydrogens (tertiary/aromatic N) is 2. The molecular weight excluding hydrogens is 286 g/mol. The zero-order chi connectivity index (χ0) is 13.9. The predicted molar refractivity (Wildman–Crippen MR) is 85.6 cm³/mol. The van der Waals surface area contributed by atoms with Crippen molar-refractivity contribution in [3.63, 3.8) is 0 Å². The van der Waals surface area contributed by atoms with Crippen molar-refractivity contribution in [3.05, 3.63) is 57.5 Å². The molecule has 0 saturated heterocycles. The number of H-pyrrole nitrogens is 1. The van der Waals surface area contributed by atoms with Gasteiger partial charge in [0.05, 0.1) is 0 Å². The molecule has 0 fully saturated rings. The third-order valence-corrected chi connectivity index (χ3v) is 4.31. The number of aromatic nitrogens is 3. The third kappa shape index (κ3) is 2.59. The predicted octanol–water partition coefficient (Wildman–Crippen LogP) is 4.47. The Morgan fingerprint density at radius 1 is 1.30 bits per heavy atom. The van der Waals surface area contributed by atoms with Crippen molar-refractivity contribution in [1.82, 2.24) is 14.8 Å². The summed E-state index contributed by atoms with van der Waals surface area (Å²) in [5, 5.41) is 11.6. The highest BCUT2D eigenvalue weighted by molar-refractivity contribution is 7.71. The fourth-order valence-corrected chi connectivity index (χ4v) is 3.34. The lowest BCUT2D eigenvalue weighted by atomic mass is 10.1. The Kier molecular flexibility index (Phi) is 3.80. The molecule has 2 heterocycles. The molecule has 0 aliphatic heterocycles. The average Bonchev–Trinajstić information content (AvgIpc) is 3.09. The zero-order valence-electron chi connectivity index (χ0n) is 11.1. The van der Waals surface area contributed by atoms with Crippen LogP contribution in [0, 0.1) is 4.77 Å². The summed E-state index contributed by atoms with van der Waals surface area (Å²) in [5.74, 6) is 0.901. The first kappa shape index (κ1) is 13.3. The second-order valence-corrected chi connectivity index (χ2v) is 5.94. The van der Waals surface area contributed by atoms with Crippen LogP contribution in [0.4, 0.5) is 0 Å². The van der Waals surface area contributed by atoms with Crippen molar-refractivity contribution in [3.8, 4) is 11.4 Å². The van der Waals surface area contributed by atoms with Crippen molar-refractivity contribution in [2.75, 3.05) is 0 Å². The van der Waals surface area contributed by atoms with Gasteiger partial charge in [0.25, 0.3) is 0 Å². The van der Waals surface area contributed by atoms with Gasteiger partial charge in [0, 0.05) is 11.6 Å². The zero-order valence-corrected chi connectivity index (χ0v) is 12.7. The SMILES string of the molecule is CC(Cc1ccsc1)n1c(-c2ccccc2)n[nH]c1=S. The monoisotopic (exact) mass is 301 g/mol. The van der Waals surface area contributed by atoms with Crippen LogP contribution in [0.25, 0.3) is 11.4 Å². The minimum Gasteiger partial charge on any atom is -0.297 e. The van der Waals surface area contributed by atoms with E-state index in [0.717, 1.165) is 17.8 Å². The number of aromatic amines is 1. The molecule has 1 atom stereocenters. The Bertz CT molecular complexity index is 726. The number of rotatable bonds is 4. The molecule has 3 rings (SSSR count). The van der Waals surface area contributed by atoms with Gasteiger partial charge in [-0.2, -0.15) is 16.4 Å². The van der Waals surface area contributed by atoms with Gasteiger partial charge in [-0.1, -0.05) is 30.3 Å². The maximum Gasteiger partial charge on any atom is 0.195 e. The smallest absolute Gasteiger partial charge is 0.195 e. The quantitative estimate of drug-likeness (QED) is 0.721. The van der Waals surface area contributed by atoms with Crippen LogP contribution in [0.1, 0.15) is 18.5 Å². The molecule has 0 spiro atoms. The molecule has 0 bridgehead atoms. The summed E-state index contributed by atoms with van der Waals surface area (Å²) in [7, 11) is 0. The minimum atomic E-state index is 0.269. The van der Waals surface area contributed by atoms with Crippen molar-refractivity contribution in [2.45, 2.75) is 19.4 Å². The summed E-state index contributed by atoms with van der Waals surface area (Å²) >= 11 is 7.12. The van der Waals surface area contributed by atoms with Crippen molar-refractivity contribution < 1.29 is 0 Å². The van der Waals surface area contributed by atoms with E-state index in [1.54, 1.807) is 11.3 Å². The van der Waals surface area contributed by atoms with Crippen LogP contribution >= 0.6 is 23.6 Å². The van der Waals surface area contributed by atoms with Crippen LogP contribution in [0.2, 0.25) is 0 Å². The Morgan fingerprint density at radius 3 is 2.80 bits per heavy atom. The molecule has 0 saturated carbocycles. The molecule has 5 heteroatoms. The standard InChI is InChI=1S/C15H15N3S2/c1-11(9-12-7-8-20-10-12)18-14(16-17-15(18)19)13-5-3-2-4-6-13/h2-8,10-11H,9H2,1H3,(H,17,19). The summed E-state index contributed by atoms with van der Waals surface area (Å²) in [5.41, 5.74) is 2.42. The molecule has 0 amide bonds. The second-order valence-electron chi connectivity index (χ2n) is 4.77. The highest BCUT2D eigenvalue weighted by Gasteiger charge is 2.14. The van der Waals surface area contributed by atoms with Crippen LogP contribution in [0.15, 0.2) is 47.2 Å². The van der Waals surface area contributed by atoms with Gasteiger partial charge in [0.1, 0.15) is 0 Å². The van der Waals surface area contributed by atoms with Gasteiger partial charge in [-0.25, -0.2) is 0 Å². The molecule has 1 N–H and O–H groups in total. The molecule has 20 heavy (non-hydrogen) atoms. The summed E-state index contributed by atoms with van der Waals surface area (Å²) in [4.78, 5) is 0. The minimum absolute atomic E-state index is 0.269. The van der Waals surface area contributed by atoms with Crippen LogP contribution in [-0.4, -0.2) is 14.8 Å². The number of benzene rings is 1. The van der Waals surface area contributed by atoms with Gasteiger partial charge in [0.2, 0.25) is 0 Å². The number of hydrogen-bond donors (Lipinski definition) is 1. The van der Waals surface area contributed by atoms with E-state index < -0.39 is 0 Å². The molecule has 0 aliphatic rings. The maximum atomic E-state index is 5.39. The molecule has 102 valence electrons. The van der Waals surface area contributed by atoms with Crippen LogP contribution in [0.5, 0.6) is 0 Å². The molecule has 0 aliphatic carbocycles. The van der Waals surface area contributed by atoms with E-state index in [0.29, 0.717) is 4.77 Å². The van der Waals surface area contributed by atoms with Gasteiger partial charge in [-0.15, -0.1) is 0 Å². The lowest BCUT2D eigenvalue weighted by Crippen LogP contribution is -2.09. The Hall–Kier alpha value is -1.72. The Morgan fingerprint density at radius 2 is 2.10 bits per heavy atom. The molecule has 2 aromatic heterocycles. The van der Waals surface area contributed by atoms with Gasteiger partial charge < -0.3 is 0 Å². The fourth-order valence-electron chi connectivity index (χ4n) is 2.35. The van der Waals surface area contributed by atoms with Crippen molar-refractivity contribution in [1.29, 1.82) is 0 Å². The first-order valence-electron chi connectivity index (χ1n) is 6.49. The molecule has 0 radical (unpaired) electrons. The van der Waals surface area contributed by atoms with Crippen LogP contribution in [0.3, 0.4) is 0 Å². The number of thiophene rings is 1. The molecule has 3 nitrogen and oxygen atoms in total. The number of nitrogens with one attached hydrogen (secondary N) is 1. The Labute approximate surface area is 126 Å². The first-order chi connectivity index (χ1) is 9.75. The van der Waals surface area contributed by atoms with Crippen LogP contribution in [-0.2, 0) is 6.42 Å². The topological polar surface area (TPSA) is 33.6 Å². The summed E-state index contributed by atoms with van der Waals surface area (Å²) in [6.45, 7) is 2.18. The maximum absolute atomic E-state index is 5.39. The normalized spacial score (nSPS) is 12.4. The third-order valence-electron chi connectivity index (χ3n) is 3.29. The molecular formula is C15H15N3S2. The average molecular weight is 301 g/mol. The number of hydrogen-bond acceptors (Lipinski definition) is 3. The Balaban J connectivity index is 1.97. The largest absolute Gasteiger partial charge is 0.297 e. The van der Waals surface area contributed by atoms with E-state index in [4.69, 9.17) is 12.2 Å². The van der Waals surface area contributed by atoms with E-state index in [1.807, 2.05) is 18.2 Å². The van der Waals surface area contributed by atoms with Gasteiger partial charge in [0.15, 0.2) is 10.6 Å². The summed E-state index contributed by atoms with van der Waals surface area (Å²) in [6.07, 6.45) is 0.956. The van der Waals surface area contributed by atoms with E-state index in [1.165, 1.54) is 5.56 Å². The molecule has 1 unspecified atom stereocenters. The van der Waals surface area contributed by atoms with E-state index in [2.05, 4.69) is 50.6 Å². The summed E-state index contributed by atoms with van der Waals surface area (Å²) in [6, 6.07) is 12.6. The highest BCUT2D eigenvalue weighted by Crippen LogP contribution is 2.23. The van der Waals surface area contributed by atoms with Gasteiger partial charge in [-0.3, -0.25) is 9.67 Å². The van der Waals surface area contributed by atoms with E-state index in [9.17, 15) is 0 Å². The van der Waals surface area contributed by atoms with Gasteiger partial charge in [-0.05, 0) is 48.0 Å². The van der Waals surface area contributed by atoms with E-state index in [-0.39, 0.29) is 6.04 Å². The highest BCUT2D eigenvalue weighted by atomic mass is 32.1. The first-order valence-corrected chi connectivity index (χ1v) is 7.84. The van der Waals surface area contributed by atoms with Crippen molar-refractivity contribution >= 4 is 23.6 Å². The fraction of sp³-hybridized carbons (Fsp3) is 0.200. The molecule has 1 aromatic carbocycles. The van der Waals surface area contributed by atoms with Crippen molar-refractivity contribution in [2.24, 2.45) is 0 Å². The second kappa shape index (κ2) is 5.73. The lowest BCUT2D eigenvalue weighted by molar-refractivity contribution is 0.543. The van der Waals surface area contributed by atoms with Gasteiger partial charge >= 0.3 is 0 Å².